The first-order chi connectivity index (χ1) is 15.5. The second kappa shape index (κ2) is 7.40. The van der Waals surface area contributed by atoms with Crippen molar-refractivity contribution in [2.75, 3.05) is 5.73 Å². The molecule has 2 N–H and O–H groups in total. The number of hydrogen-bond acceptors (Lipinski definition) is 8. The van der Waals surface area contributed by atoms with Crippen LogP contribution in [0.1, 0.15) is 25.0 Å². The molecule has 0 aliphatic heterocycles. The van der Waals surface area contributed by atoms with Gasteiger partial charge in [0, 0.05) is 22.7 Å². The molecule has 0 atom stereocenters. The molecule has 0 spiro atoms. The van der Waals surface area contributed by atoms with Crippen molar-refractivity contribution in [3.8, 4) is 34.7 Å². The van der Waals surface area contributed by atoms with Gasteiger partial charge in [0.05, 0.1) is 59.3 Å². The van der Waals surface area contributed by atoms with Crippen LogP contribution in [0.15, 0.2) is 42.9 Å². The molecule has 156 valence electrons. The van der Waals surface area contributed by atoms with Gasteiger partial charge in [0.15, 0.2) is 0 Å². The van der Waals surface area contributed by atoms with Crippen molar-refractivity contribution in [2.24, 2.45) is 5.92 Å². The highest BCUT2D eigenvalue weighted by molar-refractivity contribution is 5.97. The molecular weight excluding hydrogens is 402 g/mol. The first-order valence-electron chi connectivity index (χ1n) is 10.2. The van der Waals surface area contributed by atoms with Gasteiger partial charge in [0.25, 0.3) is 0 Å². The molecule has 1 aliphatic rings. The second-order valence-electron chi connectivity index (χ2n) is 8.14. The monoisotopic (exact) mass is 421 g/mol. The second-order valence-corrected chi connectivity index (χ2v) is 8.14. The number of nitrogens with zero attached hydrogens (tertiary/aromatic N) is 8. The van der Waals surface area contributed by atoms with E-state index < -0.39 is 5.54 Å². The van der Waals surface area contributed by atoms with E-state index in [1.165, 1.54) is 6.20 Å². The third-order valence-electron chi connectivity index (χ3n) is 6.00. The van der Waals surface area contributed by atoms with Gasteiger partial charge in [-0.15, -0.1) is 0 Å². The first-order valence-corrected chi connectivity index (χ1v) is 10.2. The van der Waals surface area contributed by atoms with Gasteiger partial charge in [0.1, 0.15) is 11.5 Å². The van der Waals surface area contributed by atoms with Gasteiger partial charge in [-0.2, -0.15) is 25.5 Å². The van der Waals surface area contributed by atoms with Crippen molar-refractivity contribution in [2.45, 2.75) is 31.7 Å². The third kappa shape index (κ3) is 3.12. The summed E-state index contributed by atoms with van der Waals surface area (Å²) in [5, 5.41) is 28.7. The Morgan fingerprint density at radius 3 is 2.84 bits per heavy atom. The molecule has 0 bridgehead atoms. The molecule has 4 aromatic rings. The molecule has 0 unspecified atom stereocenters. The Balaban J connectivity index is 1.65. The predicted octanol–water partition coefficient (Wildman–Crippen LogP) is 3.38. The van der Waals surface area contributed by atoms with E-state index in [2.05, 4.69) is 32.2 Å². The van der Waals surface area contributed by atoms with E-state index in [9.17, 15) is 10.5 Å². The summed E-state index contributed by atoms with van der Waals surface area (Å²) in [4.78, 5) is 14.9. The smallest absolute Gasteiger partial charge is 0.142 e. The van der Waals surface area contributed by atoms with E-state index in [0.717, 1.165) is 27.7 Å². The average molecular weight is 421 g/mol. The van der Waals surface area contributed by atoms with Crippen LogP contribution in [0.2, 0.25) is 0 Å². The normalized spacial score (nSPS) is 19.8. The van der Waals surface area contributed by atoms with E-state index >= 15 is 0 Å². The van der Waals surface area contributed by atoms with Crippen molar-refractivity contribution in [1.82, 2.24) is 29.9 Å². The van der Waals surface area contributed by atoms with Crippen LogP contribution < -0.4 is 5.73 Å². The van der Waals surface area contributed by atoms with Crippen molar-refractivity contribution < 1.29 is 0 Å². The summed E-state index contributed by atoms with van der Waals surface area (Å²) in [5.41, 5.74) is 9.93. The van der Waals surface area contributed by atoms with Crippen LogP contribution in [0.4, 0.5) is 5.82 Å². The summed E-state index contributed by atoms with van der Waals surface area (Å²) >= 11 is 0. The van der Waals surface area contributed by atoms with Gasteiger partial charge in [-0.05, 0) is 38.0 Å². The molecule has 9 nitrogen and oxygen atoms in total. The molecule has 0 radical (unpaired) electrons. The van der Waals surface area contributed by atoms with E-state index in [4.69, 9.17) is 10.8 Å². The van der Waals surface area contributed by atoms with Gasteiger partial charge < -0.3 is 5.73 Å². The molecule has 1 aliphatic carbocycles. The summed E-state index contributed by atoms with van der Waals surface area (Å²) in [6.07, 6.45) is 6.38. The Morgan fingerprint density at radius 1 is 1.22 bits per heavy atom. The summed E-state index contributed by atoms with van der Waals surface area (Å²) in [5.74, 6) is 0.269. The quantitative estimate of drug-likeness (QED) is 0.528. The number of benzene rings is 1. The molecule has 0 amide bonds. The van der Waals surface area contributed by atoms with Crippen LogP contribution in [-0.4, -0.2) is 29.9 Å². The van der Waals surface area contributed by atoms with Crippen LogP contribution >= 0.6 is 0 Å². The number of aromatic nitrogens is 6. The van der Waals surface area contributed by atoms with Gasteiger partial charge >= 0.3 is 0 Å². The standard InChI is InChI=1S/C23H19N9/c1-14-22(30-21(26)13-28-14)16-7-18(17-3-2-6-27-19(17)8-16)20-12-29-32(31-20)23(4-5-24)9-15(10-23)11-25/h2-3,6-8,12-13,15H,4,9-10H2,1H3,(H2,26,30)/t15-,23+. The number of fused-ring (bicyclic) bond motifs is 1. The average Bonchev–Trinajstić information content (AvgIpc) is 3.27. The summed E-state index contributed by atoms with van der Waals surface area (Å²) in [6.45, 7) is 1.88. The summed E-state index contributed by atoms with van der Waals surface area (Å²) in [7, 11) is 0. The lowest BCUT2D eigenvalue weighted by molar-refractivity contribution is 0.0713. The van der Waals surface area contributed by atoms with Crippen LogP contribution in [0, 0.1) is 35.5 Å². The van der Waals surface area contributed by atoms with Crippen LogP contribution in [0.5, 0.6) is 0 Å². The fourth-order valence-corrected chi connectivity index (χ4v) is 4.36. The van der Waals surface area contributed by atoms with E-state index in [1.54, 1.807) is 17.2 Å². The highest BCUT2D eigenvalue weighted by Gasteiger charge is 2.48. The summed E-state index contributed by atoms with van der Waals surface area (Å²) < 4.78 is 0. The SMILES string of the molecule is Cc1ncc(N)nc1-c1cc(-c2cnn([C@]3(CC#N)C[C@H](C#N)C3)n2)c2cccnc2c1. The highest BCUT2D eigenvalue weighted by atomic mass is 15.5. The molecule has 1 fully saturated rings. The van der Waals surface area contributed by atoms with Crippen LogP contribution in [-0.2, 0) is 5.54 Å². The van der Waals surface area contributed by atoms with Crippen molar-refractivity contribution in [3.63, 3.8) is 0 Å². The van der Waals surface area contributed by atoms with E-state index in [0.29, 0.717) is 30.0 Å². The van der Waals surface area contributed by atoms with Crippen LogP contribution in [0.25, 0.3) is 33.4 Å². The van der Waals surface area contributed by atoms with Gasteiger partial charge in [-0.3, -0.25) is 9.97 Å². The molecule has 1 saturated carbocycles. The van der Waals surface area contributed by atoms with Gasteiger partial charge in [-0.1, -0.05) is 6.07 Å². The van der Waals surface area contributed by atoms with Crippen LogP contribution in [0.3, 0.4) is 0 Å². The van der Waals surface area contributed by atoms with Crippen molar-refractivity contribution >= 4 is 16.7 Å². The van der Waals surface area contributed by atoms with Gasteiger partial charge in [0.2, 0.25) is 0 Å². The Hall–Kier alpha value is -4.37. The zero-order valence-corrected chi connectivity index (χ0v) is 17.4. The zero-order valence-electron chi connectivity index (χ0n) is 17.4. The van der Waals surface area contributed by atoms with Gasteiger partial charge in [-0.25, -0.2) is 4.98 Å². The van der Waals surface area contributed by atoms with Crippen molar-refractivity contribution in [3.05, 3.63) is 48.5 Å². The molecule has 3 heterocycles. The topological polar surface area (TPSA) is 143 Å². The Kier molecular flexibility index (Phi) is 4.53. The molecule has 0 saturated heterocycles. The minimum absolute atomic E-state index is 0.0729. The number of nitrogens with two attached hydrogens (primary N) is 1. The number of nitrogen functional groups attached to an aromatic ring is 1. The largest absolute Gasteiger partial charge is 0.382 e. The Labute approximate surface area is 184 Å². The molecule has 9 heteroatoms. The number of nitriles is 2. The third-order valence-corrected chi connectivity index (χ3v) is 6.00. The maximum Gasteiger partial charge on any atom is 0.142 e. The Bertz CT molecular complexity index is 1420. The number of hydrogen-bond donors (Lipinski definition) is 1. The number of anilines is 1. The maximum absolute atomic E-state index is 9.33. The molecule has 32 heavy (non-hydrogen) atoms. The molecule has 3 aromatic heterocycles. The maximum atomic E-state index is 9.33. The minimum atomic E-state index is -0.533. The Morgan fingerprint density at radius 2 is 2.06 bits per heavy atom. The molecular formula is C23H19N9. The van der Waals surface area contributed by atoms with E-state index in [1.807, 2.05) is 31.2 Å². The number of aryl methyl sites for hydroxylation is 1. The predicted molar refractivity (Wildman–Crippen MR) is 117 cm³/mol. The molecule has 1 aromatic carbocycles. The summed E-state index contributed by atoms with van der Waals surface area (Å²) in [6, 6.07) is 12.3. The first kappa shape index (κ1) is 19.6. The van der Waals surface area contributed by atoms with Crippen molar-refractivity contribution in [1.29, 1.82) is 10.5 Å². The lowest BCUT2D eigenvalue weighted by atomic mass is 9.68. The lowest BCUT2D eigenvalue weighted by Crippen LogP contribution is -2.47. The fourth-order valence-electron chi connectivity index (χ4n) is 4.36. The lowest BCUT2D eigenvalue weighted by Gasteiger charge is -2.42. The van der Waals surface area contributed by atoms with E-state index in [-0.39, 0.29) is 12.3 Å². The zero-order chi connectivity index (χ0) is 22.3. The number of rotatable bonds is 4. The fraction of sp³-hybridized carbons (Fsp3) is 0.261. The minimum Gasteiger partial charge on any atom is -0.382 e. The number of pyridine rings is 1. The highest BCUT2D eigenvalue weighted by Crippen LogP contribution is 2.45. The molecule has 5 rings (SSSR count).